The van der Waals surface area contributed by atoms with Crippen molar-refractivity contribution < 1.29 is 9.59 Å². The van der Waals surface area contributed by atoms with Gasteiger partial charge in [-0.2, -0.15) is 0 Å². The van der Waals surface area contributed by atoms with Crippen molar-refractivity contribution in [2.75, 3.05) is 16.8 Å². The van der Waals surface area contributed by atoms with Gasteiger partial charge < -0.3 is 15.5 Å². The number of anilines is 2. The normalized spacial score (nSPS) is 13.3. The van der Waals surface area contributed by atoms with Crippen molar-refractivity contribution in [1.29, 1.82) is 0 Å². The van der Waals surface area contributed by atoms with Gasteiger partial charge in [-0.1, -0.05) is 0 Å². The molecule has 0 aromatic heterocycles. The molecule has 2 aromatic rings. The summed E-state index contributed by atoms with van der Waals surface area (Å²) >= 11 is 0. The van der Waals surface area contributed by atoms with Crippen LogP contribution in [0.2, 0.25) is 0 Å². The zero-order valence-corrected chi connectivity index (χ0v) is 16.2. The van der Waals surface area contributed by atoms with Crippen molar-refractivity contribution in [3.63, 3.8) is 0 Å². The van der Waals surface area contributed by atoms with Crippen LogP contribution < -0.4 is 15.5 Å². The van der Waals surface area contributed by atoms with Crippen molar-refractivity contribution in [2.24, 2.45) is 0 Å². The lowest BCUT2D eigenvalue weighted by Crippen LogP contribution is -2.30. The second-order valence-electron chi connectivity index (χ2n) is 7.21. The van der Waals surface area contributed by atoms with E-state index in [9.17, 15) is 9.59 Å². The number of hydrogen-bond acceptors (Lipinski definition) is 3. The molecule has 5 heteroatoms. The lowest BCUT2D eigenvalue weighted by molar-refractivity contribution is 0.0950. The maximum atomic E-state index is 12.5. The zero-order chi connectivity index (χ0) is 19.4. The Labute approximate surface area is 160 Å². The summed E-state index contributed by atoms with van der Waals surface area (Å²) in [5.74, 6) is -0.221. The molecule has 5 nitrogen and oxygen atoms in total. The van der Waals surface area contributed by atoms with Crippen molar-refractivity contribution in [3.8, 4) is 0 Å². The number of rotatable bonds is 7. The van der Waals surface area contributed by atoms with Gasteiger partial charge in [0.2, 0.25) is 0 Å². The van der Waals surface area contributed by atoms with E-state index in [-0.39, 0.29) is 11.8 Å². The Morgan fingerprint density at radius 2 is 1.52 bits per heavy atom. The molecule has 1 aliphatic rings. The number of nitrogens with zero attached hydrogens (tertiary/aromatic N) is 1. The molecule has 0 spiro atoms. The first kappa shape index (κ1) is 19.0. The summed E-state index contributed by atoms with van der Waals surface area (Å²) in [6.07, 6.45) is 2.12. The zero-order valence-electron chi connectivity index (χ0n) is 16.2. The van der Waals surface area contributed by atoms with Crippen LogP contribution in [0, 0.1) is 0 Å². The lowest BCUT2D eigenvalue weighted by Gasteiger charge is -2.27. The molecular weight excluding hydrogens is 338 g/mol. The van der Waals surface area contributed by atoms with Crippen molar-refractivity contribution in [3.05, 3.63) is 59.7 Å². The quantitative estimate of drug-likeness (QED) is 0.778. The summed E-state index contributed by atoms with van der Waals surface area (Å²) in [5.41, 5.74) is 2.99. The first-order valence-corrected chi connectivity index (χ1v) is 9.57. The monoisotopic (exact) mass is 365 g/mol. The molecule has 1 saturated carbocycles. The molecule has 0 aliphatic heterocycles. The Morgan fingerprint density at radius 1 is 0.963 bits per heavy atom. The van der Waals surface area contributed by atoms with Crippen LogP contribution in [0.4, 0.5) is 11.4 Å². The average Bonchev–Trinajstić information content (AvgIpc) is 3.47. The van der Waals surface area contributed by atoms with Gasteiger partial charge in [0.25, 0.3) is 11.8 Å². The smallest absolute Gasteiger partial charge is 0.255 e. The van der Waals surface area contributed by atoms with Crippen LogP contribution in [-0.2, 0) is 0 Å². The van der Waals surface area contributed by atoms with E-state index in [0.717, 1.165) is 25.1 Å². The third-order valence-corrected chi connectivity index (χ3v) is 4.74. The molecule has 0 bridgehead atoms. The number of benzene rings is 2. The van der Waals surface area contributed by atoms with E-state index < -0.39 is 0 Å². The summed E-state index contributed by atoms with van der Waals surface area (Å²) in [4.78, 5) is 26.7. The van der Waals surface area contributed by atoms with Gasteiger partial charge in [0, 0.05) is 41.1 Å². The lowest BCUT2D eigenvalue weighted by atomic mass is 10.1. The van der Waals surface area contributed by atoms with Gasteiger partial charge in [-0.15, -0.1) is 0 Å². The highest BCUT2D eigenvalue weighted by Gasteiger charge is 2.23. The maximum Gasteiger partial charge on any atom is 0.255 e. The van der Waals surface area contributed by atoms with E-state index in [1.165, 1.54) is 0 Å². The fraction of sp³-hybridized carbons (Fsp3) is 0.364. The Morgan fingerprint density at radius 3 is 2.04 bits per heavy atom. The first-order valence-electron chi connectivity index (χ1n) is 9.57. The molecule has 0 radical (unpaired) electrons. The average molecular weight is 365 g/mol. The van der Waals surface area contributed by atoms with Crippen LogP contribution in [-0.4, -0.2) is 30.4 Å². The van der Waals surface area contributed by atoms with E-state index in [0.29, 0.717) is 28.9 Å². The molecule has 2 amide bonds. The van der Waals surface area contributed by atoms with Crippen molar-refractivity contribution in [2.45, 2.75) is 45.7 Å². The summed E-state index contributed by atoms with van der Waals surface area (Å²) in [7, 11) is 0. The Hall–Kier alpha value is -2.82. The van der Waals surface area contributed by atoms with Crippen LogP contribution in [0.15, 0.2) is 48.5 Å². The minimum absolute atomic E-state index is 0.0587. The van der Waals surface area contributed by atoms with E-state index in [2.05, 4.69) is 36.3 Å². The maximum absolute atomic E-state index is 12.5. The molecule has 0 heterocycles. The topological polar surface area (TPSA) is 61.4 Å². The minimum atomic E-state index is -0.163. The number of carbonyl (C=O) groups is 2. The molecule has 2 aromatic carbocycles. The second kappa shape index (κ2) is 8.25. The second-order valence-corrected chi connectivity index (χ2v) is 7.21. The van der Waals surface area contributed by atoms with Crippen LogP contribution >= 0.6 is 0 Å². The molecule has 1 fully saturated rings. The Kier molecular flexibility index (Phi) is 5.79. The van der Waals surface area contributed by atoms with Crippen LogP contribution in [0.5, 0.6) is 0 Å². The summed E-state index contributed by atoms with van der Waals surface area (Å²) in [6.45, 7) is 7.34. The van der Waals surface area contributed by atoms with E-state index in [1.807, 2.05) is 24.3 Å². The predicted octanol–water partition coefficient (Wildman–Crippen LogP) is 4.07. The third kappa shape index (κ3) is 4.88. The van der Waals surface area contributed by atoms with Gasteiger partial charge in [0.05, 0.1) is 0 Å². The highest BCUT2D eigenvalue weighted by Crippen LogP contribution is 2.20. The van der Waals surface area contributed by atoms with Gasteiger partial charge in [-0.05, 0) is 82.1 Å². The molecule has 27 heavy (non-hydrogen) atoms. The Balaban J connectivity index is 1.61. The molecule has 1 aliphatic carbocycles. The summed E-state index contributed by atoms with van der Waals surface area (Å²) in [5, 5.41) is 5.83. The van der Waals surface area contributed by atoms with Crippen LogP contribution in [0.1, 0.15) is 54.3 Å². The van der Waals surface area contributed by atoms with Crippen molar-refractivity contribution >= 4 is 23.2 Å². The highest BCUT2D eigenvalue weighted by molar-refractivity contribution is 6.04. The summed E-state index contributed by atoms with van der Waals surface area (Å²) in [6, 6.07) is 15.4. The van der Waals surface area contributed by atoms with E-state index in [1.54, 1.807) is 24.3 Å². The van der Waals surface area contributed by atoms with Gasteiger partial charge in [-0.25, -0.2) is 0 Å². The number of amides is 2. The van der Waals surface area contributed by atoms with Crippen LogP contribution in [0.25, 0.3) is 0 Å². The number of hydrogen-bond donors (Lipinski definition) is 2. The predicted molar refractivity (Wildman–Crippen MR) is 109 cm³/mol. The van der Waals surface area contributed by atoms with E-state index >= 15 is 0 Å². The largest absolute Gasteiger partial charge is 0.369 e. The molecule has 3 rings (SSSR count). The fourth-order valence-corrected chi connectivity index (χ4v) is 3.05. The first-order chi connectivity index (χ1) is 13.0. The Bertz CT molecular complexity index is 793. The standard InChI is InChI=1S/C22H27N3O2/c1-4-25(15(2)3)20-13-7-17(8-14-20)22(27)23-18-9-5-16(6-10-18)21(26)24-19-11-12-19/h5-10,13-15,19H,4,11-12H2,1-3H3,(H,23,27)(H,24,26). The van der Waals surface area contributed by atoms with Crippen LogP contribution in [0.3, 0.4) is 0 Å². The van der Waals surface area contributed by atoms with Gasteiger partial charge in [-0.3, -0.25) is 9.59 Å². The molecular formula is C22H27N3O2. The summed E-state index contributed by atoms with van der Waals surface area (Å²) < 4.78 is 0. The number of carbonyl (C=O) groups excluding carboxylic acids is 2. The van der Waals surface area contributed by atoms with Crippen molar-refractivity contribution in [1.82, 2.24) is 5.32 Å². The minimum Gasteiger partial charge on any atom is -0.369 e. The molecule has 0 saturated heterocycles. The van der Waals surface area contributed by atoms with E-state index in [4.69, 9.17) is 0 Å². The third-order valence-electron chi connectivity index (χ3n) is 4.74. The number of nitrogens with one attached hydrogen (secondary N) is 2. The fourth-order valence-electron chi connectivity index (χ4n) is 3.05. The molecule has 142 valence electrons. The van der Waals surface area contributed by atoms with Gasteiger partial charge in [0.15, 0.2) is 0 Å². The molecule has 2 N–H and O–H groups in total. The molecule has 0 atom stereocenters. The highest BCUT2D eigenvalue weighted by atomic mass is 16.2. The van der Waals surface area contributed by atoms with Gasteiger partial charge >= 0.3 is 0 Å². The SMILES string of the molecule is CCN(c1ccc(C(=O)Nc2ccc(C(=O)NC3CC3)cc2)cc1)C(C)C. The van der Waals surface area contributed by atoms with Gasteiger partial charge in [0.1, 0.15) is 0 Å². The molecule has 0 unspecified atom stereocenters.